The summed E-state index contributed by atoms with van der Waals surface area (Å²) in [6, 6.07) is 3.53. The molecule has 1 amide bonds. The van der Waals surface area contributed by atoms with Gasteiger partial charge in [0.1, 0.15) is 5.82 Å². The first-order valence-corrected chi connectivity index (χ1v) is 7.99. The van der Waals surface area contributed by atoms with Crippen LogP contribution in [-0.4, -0.2) is 22.2 Å². The number of amides is 1. The first-order valence-electron chi connectivity index (χ1n) is 7.99. The summed E-state index contributed by atoms with van der Waals surface area (Å²) in [4.78, 5) is 12.6. The van der Waals surface area contributed by atoms with Gasteiger partial charge in [0.15, 0.2) is 0 Å². The van der Waals surface area contributed by atoms with E-state index < -0.39 is 0 Å². The van der Waals surface area contributed by atoms with Crippen LogP contribution in [0.5, 0.6) is 0 Å². The first kappa shape index (κ1) is 14.4. The third-order valence-electron chi connectivity index (χ3n) is 4.65. The fourth-order valence-electron chi connectivity index (χ4n) is 3.28. The maximum atomic E-state index is 14.6. The van der Waals surface area contributed by atoms with Gasteiger partial charge in [-0.1, -0.05) is 6.07 Å². The highest BCUT2D eigenvalue weighted by Gasteiger charge is 2.31. The normalized spacial score (nSPS) is 17.0. The molecular formula is C17H19FN4O. The first-order chi connectivity index (χ1) is 11.1. The molecule has 2 aliphatic rings. The molecule has 0 radical (unpaired) electrons. The van der Waals surface area contributed by atoms with Crippen molar-refractivity contribution in [3.63, 3.8) is 0 Å². The van der Waals surface area contributed by atoms with Gasteiger partial charge in [-0.05, 0) is 43.0 Å². The quantitative estimate of drug-likeness (QED) is 0.914. The Morgan fingerprint density at radius 1 is 1.43 bits per heavy atom. The number of hydrogen-bond acceptors (Lipinski definition) is 3. The van der Waals surface area contributed by atoms with Crippen LogP contribution in [-0.2, 0) is 20.0 Å². The van der Waals surface area contributed by atoms with Crippen LogP contribution in [0.2, 0.25) is 0 Å². The molecule has 0 bridgehead atoms. The lowest BCUT2D eigenvalue weighted by atomic mass is 9.99. The van der Waals surface area contributed by atoms with Crippen molar-refractivity contribution in [1.29, 1.82) is 0 Å². The Morgan fingerprint density at radius 3 is 3.04 bits per heavy atom. The number of aryl methyl sites for hydroxylation is 1. The maximum Gasteiger partial charge on any atom is 0.259 e. The minimum Gasteiger partial charge on any atom is -0.319 e. The van der Waals surface area contributed by atoms with Crippen molar-refractivity contribution in [2.24, 2.45) is 7.05 Å². The number of carbonyl (C=O) groups is 1. The molecule has 1 aromatic heterocycles. The Morgan fingerprint density at radius 2 is 2.26 bits per heavy atom. The molecule has 2 heterocycles. The zero-order valence-electron chi connectivity index (χ0n) is 13.0. The Hall–Kier alpha value is -2.21. The van der Waals surface area contributed by atoms with Crippen LogP contribution in [0.25, 0.3) is 0 Å². The zero-order chi connectivity index (χ0) is 16.0. The maximum absolute atomic E-state index is 14.6. The van der Waals surface area contributed by atoms with Crippen LogP contribution in [0.4, 0.5) is 10.1 Å². The zero-order valence-corrected chi connectivity index (χ0v) is 13.0. The summed E-state index contributed by atoms with van der Waals surface area (Å²) in [7, 11) is 1.84. The van der Waals surface area contributed by atoms with Gasteiger partial charge in [0, 0.05) is 19.5 Å². The molecule has 1 saturated carbocycles. The van der Waals surface area contributed by atoms with E-state index in [0.717, 1.165) is 30.6 Å². The molecular weight excluding hydrogens is 295 g/mol. The summed E-state index contributed by atoms with van der Waals surface area (Å²) < 4.78 is 16.4. The summed E-state index contributed by atoms with van der Waals surface area (Å²) in [6.07, 6.45) is 4.38. The van der Waals surface area contributed by atoms with Crippen molar-refractivity contribution in [2.45, 2.75) is 31.7 Å². The lowest BCUT2D eigenvalue weighted by molar-refractivity contribution is 0.102. The number of nitrogens with one attached hydrogen (secondary N) is 2. The molecule has 0 atom stereocenters. The lowest BCUT2D eigenvalue weighted by Gasteiger charge is -2.19. The molecule has 23 heavy (non-hydrogen) atoms. The second-order valence-electron chi connectivity index (χ2n) is 6.29. The minimum absolute atomic E-state index is 0.251. The predicted molar refractivity (Wildman–Crippen MR) is 84.9 cm³/mol. The smallest absolute Gasteiger partial charge is 0.259 e. The molecule has 4 rings (SSSR count). The Labute approximate surface area is 133 Å². The molecule has 120 valence electrons. The predicted octanol–water partition coefficient (Wildman–Crippen LogP) is 2.33. The monoisotopic (exact) mass is 314 g/mol. The van der Waals surface area contributed by atoms with Gasteiger partial charge in [0.05, 0.1) is 23.1 Å². The van der Waals surface area contributed by atoms with Crippen LogP contribution in [0.1, 0.15) is 45.9 Å². The molecule has 6 heteroatoms. The number of hydrogen-bond donors (Lipinski definition) is 2. The van der Waals surface area contributed by atoms with Crippen molar-refractivity contribution in [3.8, 4) is 0 Å². The second-order valence-corrected chi connectivity index (χ2v) is 6.29. The van der Waals surface area contributed by atoms with Gasteiger partial charge in [-0.15, -0.1) is 0 Å². The largest absolute Gasteiger partial charge is 0.319 e. The summed E-state index contributed by atoms with van der Waals surface area (Å²) in [5, 5.41) is 10.1. The fourth-order valence-corrected chi connectivity index (χ4v) is 3.28. The number of benzene rings is 1. The lowest BCUT2D eigenvalue weighted by Crippen LogP contribution is -2.25. The highest BCUT2D eigenvalue weighted by atomic mass is 19.1. The molecule has 1 aliphatic heterocycles. The van der Waals surface area contributed by atoms with E-state index in [1.165, 1.54) is 0 Å². The number of aromatic nitrogens is 2. The Kier molecular flexibility index (Phi) is 3.41. The van der Waals surface area contributed by atoms with Crippen LogP contribution < -0.4 is 10.6 Å². The van der Waals surface area contributed by atoms with Gasteiger partial charge < -0.3 is 10.6 Å². The fraction of sp³-hybridized carbons (Fsp3) is 0.412. The molecule has 5 nitrogen and oxygen atoms in total. The summed E-state index contributed by atoms with van der Waals surface area (Å²) in [5.74, 6) is -0.190. The molecule has 0 spiro atoms. The van der Waals surface area contributed by atoms with Gasteiger partial charge in [0.25, 0.3) is 5.91 Å². The number of anilines is 1. The van der Waals surface area contributed by atoms with Crippen LogP contribution >= 0.6 is 0 Å². The number of nitrogens with zero attached hydrogens (tertiary/aromatic N) is 2. The molecule has 1 aromatic carbocycles. The Bertz CT molecular complexity index is 779. The third kappa shape index (κ3) is 2.53. The third-order valence-corrected chi connectivity index (χ3v) is 4.65. The molecule has 0 unspecified atom stereocenters. The van der Waals surface area contributed by atoms with Gasteiger partial charge in [-0.2, -0.15) is 5.10 Å². The number of fused-ring (bicyclic) bond motifs is 1. The van der Waals surface area contributed by atoms with Crippen molar-refractivity contribution in [2.75, 3.05) is 11.9 Å². The van der Waals surface area contributed by atoms with Crippen molar-refractivity contribution < 1.29 is 9.18 Å². The molecule has 1 fully saturated rings. The average molecular weight is 314 g/mol. The van der Waals surface area contributed by atoms with E-state index >= 15 is 0 Å². The summed E-state index contributed by atoms with van der Waals surface area (Å²) in [5.41, 5.74) is 3.42. The van der Waals surface area contributed by atoms with E-state index in [4.69, 9.17) is 0 Å². The highest BCUT2D eigenvalue weighted by Crippen LogP contribution is 2.41. The van der Waals surface area contributed by atoms with E-state index in [9.17, 15) is 9.18 Å². The van der Waals surface area contributed by atoms with Crippen LogP contribution in [0.3, 0.4) is 0 Å². The van der Waals surface area contributed by atoms with Crippen LogP contribution in [0, 0.1) is 5.82 Å². The average Bonchev–Trinajstić information content (AvgIpc) is 3.32. The van der Waals surface area contributed by atoms with E-state index in [1.807, 2.05) is 13.1 Å². The van der Waals surface area contributed by atoms with E-state index in [0.29, 0.717) is 30.0 Å². The summed E-state index contributed by atoms with van der Waals surface area (Å²) >= 11 is 0. The second kappa shape index (κ2) is 5.45. The van der Waals surface area contributed by atoms with Gasteiger partial charge in [0.2, 0.25) is 0 Å². The Balaban J connectivity index is 1.62. The summed E-state index contributed by atoms with van der Waals surface area (Å²) in [6.45, 7) is 1.44. The molecule has 0 saturated heterocycles. The van der Waals surface area contributed by atoms with Gasteiger partial charge in [-0.25, -0.2) is 4.39 Å². The van der Waals surface area contributed by atoms with Gasteiger partial charge >= 0.3 is 0 Å². The topological polar surface area (TPSA) is 59.0 Å². The standard InChI is InChI=1S/C17H19FN4O/c1-22-16(10-2-3-10)13(9-20-22)17(23)21-14-5-4-11-8-19-7-6-12(11)15(14)18/h4-5,9-10,19H,2-3,6-8H2,1H3,(H,21,23). The number of carbonyl (C=O) groups excluding carboxylic acids is 1. The molecule has 1 aliphatic carbocycles. The SMILES string of the molecule is Cn1ncc(C(=O)Nc2ccc3c(c2F)CCNC3)c1C1CC1. The van der Waals surface area contributed by atoms with E-state index in [-0.39, 0.29) is 17.4 Å². The highest BCUT2D eigenvalue weighted by molar-refractivity contribution is 6.05. The van der Waals surface area contributed by atoms with Crippen molar-refractivity contribution in [1.82, 2.24) is 15.1 Å². The number of halogens is 1. The number of rotatable bonds is 3. The molecule has 2 N–H and O–H groups in total. The van der Waals surface area contributed by atoms with Gasteiger partial charge in [-0.3, -0.25) is 9.48 Å². The van der Waals surface area contributed by atoms with Crippen molar-refractivity contribution >= 4 is 11.6 Å². The molecule has 2 aromatic rings. The minimum atomic E-state index is -0.311. The van der Waals surface area contributed by atoms with E-state index in [2.05, 4.69) is 15.7 Å². The van der Waals surface area contributed by atoms with Crippen LogP contribution in [0.15, 0.2) is 18.3 Å². The van der Waals surface area contributed by atoms with E-state index in [1.54, 1.807) is 16.9 Å². The van der Waals surface area contributed by atoms with Crippen molar-refractivity contribution in [3.05, 3.63) is 46.5 Å².